The van der Waals surface area contributed by atoms with Gasteiger partial charge < -0.3 is 20.1 Å². The minimum absolute atomic E-state index is 0.00551. The first-order valence-electron chi connectivity index (χ1n) is 12.2. The van der Waals surface area contributed by atoms with Crippen LogP contribution in [0.1, 0.15) is 56.3 Å². The Balaban J connectivity index is 1.38. The van der Waals surface area contributed by atoms with Crippen molar-refractivity contribution in [2.45, 2.75) is 64.6 Å². The van der Waals surface area contributed by atoms with Crippen LogP contribution >= 0.6 is 0 Å². The molecule has 0 bridgehead atoms. The van der Waals surface area contributed by atoms with Crippen LogP contribution in [0.3, 0.4) is 0 Å². The number of carbonyl (C=O) groups is 2. The van der Waals surface area contributed by atoms with Crippen LogP contribution in [0.2, 0.25) is 0 Å². The number of hydrogen-bond donors (Lipinski definition) is 2. The molecule has 0 aliphatic carbocycles. The number of rotatable bonds is 9. The normalized spacial score (nSPS) is 16.9. The van der Waals surface area contributed by atoms with Crippen LogP contribution in [0.25, 0.3) is 10.8 Å². The fourth-order valence-electron chi connectivity index (χ4n) is 4.76. The number of nitrogens with zero attached hydrogens (tertiary/aromatic N) is 1. The number of aryl methyl sites for hydroxylation is 2. The topological polar surface area (TPSA) is 78.9 Å². The highest BCUT2D eigenvalue weighted by atomic mass is 16.5. The number of urea groups is 1. The lowest BCUT2D eigenvalue weighted by atomic mass is 9.99. The zero-order valence-electron chi connectivity index (χ0n) is 20.9. The van der Waals surface area contributed by atoms with E-state index in [9.17, 15) is 14.7 Å². The van der Waals surface area contributed by atoms with E-state index in [-0.39, 0.29) is 18.1 Å². The molecule has 1 fully saturated rings. The van der Waals surface area contributed by atoms with Gasteiger partial charge in [0.15, 0.2) is 5.60 Å². The molecule has 1 aliphatic heterocycles. The summed E-state index contributed by atoms with van der Waals surface area (Å²) in [5.41, 5.74) is 1.95. The Hall–Kier alpha value is -3.54. The third-order valence-electron chi connectivity index (χ3n) is 6.91. The molecular formula is C29H34N2O4. The Morgan fingerprint density at radius 2 is 1.89 bits per heavy atom. The quantitative estimate of drug-likeness (QED) is 0.407. The lowest BCUT2D eigenvalue weighted by Crippen LogP contribution is -2.38. The number of carboxylic acid groups (broad SMARTS) is 1. The van der Waals surface area contributed by atoms with Crippen LogP contribution in [-0.2, 0) is 11.2 Å². The summed E-state index contributed by atoms with van der Waals surface area (Å²) in [5.74, 6) is -0.412. The van der Waals surface area contributed by atoms with Crippen molar-refractivity contribution >= 4 is 22.8 Å². The van der Waals surface area contributed by atoms with Gasteiger partial charge in [0.05, 0.1) is 12.1 Å². The van der Waals surface area contributed by atoms with Crippen LogP contribution < -0.4 is 10.1 Å². The molecule has 1 saturated heterocycles. The molecule has 2 unspecified atom stereocenters. The van der Waals surface area contributed by atoms with Crippen molar-refractivity contribution in [2.24, 2.45) is 0 Å². The monoisotopic (exact) mass is 474 g/mol. The van der Waals surface area contributed by atoms with E-state index in [0.717, 1.165) is 30.4 Å². The van der Waals surface area contributed by atoms with Crippen molar-refractivity contribution in [1.82, 2.24) is 10.2 Å². The first-order valence-corrected chi connectivity index (χ1v) is 12.2. The summed E-state index contributed by atoms with van der Waals surface area (Å²) in [5, 5.41) is 14.7. The first-order chi connectivity index (χ1) is 16.7. The average molecular weight is 475 g/mol. The SMILES string of the molecule is Cc1cc(CCCC2CNC(=O)N2C(C)c2ccc3ccccc3c2)ccc1OC(C)(C)C(=O)O. The summed E-state index contributed by atoms with van der Waals surface area (Å²) in [4.78, 5) is 26.0. The van der Waals surface area contributed by atoms with Crippen molar-refractivity contribution in [3.8, 4) is 5.75 Å². The third-order valence-corrected chi connectivity index (χ3v) is 6.91. The Labute approximate surface area is 206 Å². The highest BCUT2D eigenvalue weighted by Gasteiger charge is 2.34. The maximum atomic E-state index is 12.7. The predicted octanol–water partition coefficient (Wildman–Crippen LogP) is 5.87. The summed E-state index contributed by atoms with van der Waals surface area (Å²) >= 11 is 0. The standard InChI is InChI=1S/C29H34N2O4/c1-19-16-21(12-15-26(19)35-29(3,4)27(32)33)8-7-11-25-18-30-28(34)31(25)20(2)23-14-13-22-9-5-6-10-24(22)17-23/h5-6,9-10,12-17,20,25H,7-8,11,18H2,1-4H3,(H,30,34)(H,32,33). The molecule has 0 saturated carbocycles. The van der Waals surface area contributed by atoms with E-state index in [1.54, 1.807) is 13.8 Å². The molecule has 6 heteroatoms. The van der Waals surface area contributed by atoms with E-state index >= 15 is 0 Å². The van der Waals surface area contributed by atoms with Crippen molar-refractivity contribution in [1.29, 1.82) is 0 Å². The molecule has 6 nitrogen and oxygen atoms in total. The molecule has 3 aromatic rings. The maximum absolute atomic E-state index is 12.7. The van der Waals surface area contributed by atoms with Crippen LogP contribution in [0, 0.1) is 6.92 Å². The minimum Gasteiger partial charge on any atom is -0.478 e. The molecule has 184 valence electrons. The Morgan fingerprint density at radius 3 is 2.60 bits per heavy atom. The molecule has 35 heavy (non-hydrogen) atoms. The number of hydrogen-bond acceptors (Lipinski definition) is 3. The van der Waals surface area contributed by atoms with Crippen LogP contribution in [0.4, 0.5) is 4.79 Å². The van der Waals surface area contributed by atoms with E-state index in [2.05, 4.69) is 48.6 Å². The Kier molecular flexibility index (Phi) is 7.01. The number of ether oxygens (including phenoxy) is 1. The van der Waals surface area contributed by atoms with Gasteiger partial charge >= 0.3 is 12.0 Å². The Bertz CT molecular complexity index is 1240. The highest BCUT2D eigenvalue weighted by molar-refractivity contribution is 5.83. The summed E-state index contributed by atoms with van der Waals surface area (Å²) in [6.45, 7) is 7.79. The van der Waals surface area contributed by atoms with E-state index < -0.39 is 11.6 Å². The lowest BCUT2D eigenvalue weighted by molar-refractivity contribution is -0.152. The van der Waals surface area contributed by atoms with Crippen molar-refractivity contribution in [3.63, 3.8) is 0 Å². The van der Waals surface area contributed by atoms with Gasteiger partial charge in [-0.1, -0.05) is 48.5 Å². The number of amides is 2. The molecule has 4 rings (SSSR count). The van der Waals surface area contributed by atoms with E-state index in [4.69, 9.17) is 4.74 Å². The van der Waals surface area contributed by atoms with Crippen LogP contribution in [0.5, 0.6) is 5.75 Å². The first kappa shape index (κ1) is 24.6. The number of aliphatic carboxylic acids is 1. The number of carbonyl (C=O) groups excluding carboxylic acids is 1. The van der Waals surface area contributed by atoms with Gasteiger partial charge in [-0.15, -0.1) is 0 Å². The number of fused-ring (bicyclic) bond motifs is 1. The van der Waals surface area contributed by atoms with Crippen LogP contribution in [0.15, 0.2) is 60.7 Å². The predicted molar refractivity (Wildman–Crippen MR) is 138 cm³/mol. The molecule has 0 radical (unpaired) electrons. The number of benzene rings is 3. The average Bonchev–Trinajstić information content (AvgIpc) is 3.19. The van der Waals surface area contributed by atoms with E-state index in [0.29, 0.717) is 12.3 Å². The summed E-state index contributed by atoms with van der Waals surface area (Å²) in [7, 11) is 0. The van der Waals surface area contributed by atoms with Gasteiger partial charge in [0.1, 0.15) is 5.75 Å². The highest BCUT2D eigenvalue weighted by Crippen LogP contribution is 2.30. The molecule has 2 atom stereocenters. The van der Waals surface area contributed by atoms with E-state index in [1.165, 1.54) is 16.3 Å². The molecule has 2 N–H and O–H groups in total. The number of carboxylic acids is 1. The Morgan fingerprint density at radius 1 is 1.14 bits per heavy atom. The van der Waals surface area contributed by atoms with Gasteiger partial charge in [-0.05, 0) is 86.6 Å². The van der Waals surface area contributed by atoms with Gasteiger partial charge in [0.2, 0.25) is 0 Å². The zero-order valence-corrected chi connectivity index (χ0v) is 20.9. The minimum atomic E-state index is -1.28. The van der Waals surface area contributed by atoms with Crippen molar-refractivity contribution < 1.29 is 19.4 Å². The molecule has 3 aromatic carbocycles. The largest absolute Gasteiger partial charge is 0.478 e. The van der Waals surface area contributed by atoms with Crippen molar-refractivity contribution in [3.05, 3.63) is 77.4 Å². The fourth-order valence-corrected chi connectivity index (χ4v) is 4.76. The zero-order chi connectivity index (χ0) is 25.2. The summed E-state index contributed by atoms with van der Waals surface area (Å²) < 4.78 is 5.70. The molecule has 0 aromatic heterocycles. The van der Waals surface area contributed by atoms with Crippen molar-refractivity contribution in [2.75, 3.05) is 6.54 Å². The number of nitrogens with one attached hydrogen (secondary N) is 1. The lowest BCUT2D eigenvalue weighted by Gasteiger charge is -2.30. The van der Waals surface area contributed by atoms with Gasteiger partial charge in [0, 0.05) is 6.54 Å². The van der Waals surface area contributed by atoms with Crippen LogP contribution in [-0.4, -0.2) is 40.2 Å². The smallest absolute Gasteiger partial charge is 0.347 e. The van der Waals surface area contributed by atoms with E-state index in [1.807, 2.05) is 36.1 Å². The molecule has 1 aliphatic rings. The maximum Gasteiger partial charge on any atom is 0.347 e. The molecule has 2 amide bonds. The third kappa shape index (κ3) is 5.42. The summed E-state index contributed by atoms with van der Waals surface area (Å²) in [6, 6.07) is 20.7. The fraction of sp³-hybridized carbons (Fsp3) is 0.379. The van der Waals surface area contributed by atoms with Gasteiger partial charge in [0.25, 0.3) is 0 Å². The van der Waals surface area contributed by atoms with Gasteiger partial charge in [-0.2, -0.15) is 0 Å². The molecule has 1 heterocycles. The summed E-state index contributed by atoms with van der Waals surface area (Å²) in [6.07, 6.45) is 2.73. The second-order valence-corrected chi connectivity index (χ2v) is 9.94. The van der Waals surface area contributed by atoms with Gasteiger partial charge in [-0.3, -0.25) is 0 Å². The second-order valence-electron chi connectivity index (χ2n) is 9.94. The second kappa shape index (κ2) is 9.98. The van der Waals surface area contributed by atoms with Gasteiger partial charge in [-0.25, -0.2) is 9.59 Å². The molecular weight excluding hydrogens is 440 g/mol. The molecule has 0 spiro atoms.